The van der Waals surface area contributed by atoms with Crippen LogP contribution in [0.5, 0.6) is 0 Å². The summed E-state index contributed by atoms with van der Waals surface area (Å²) in [6.07, 6.45) is 2.74. The molecule has 13 heteroatoms. The Kier molecular flexibility index (Phi) is 16.8. The van der Waals surface area contributed by atoms with Crippen LogP contribution in [-0.4, -0.2) is 56.4 Å². The normalized spacial score (nSPS) is 12.6. The molecule has 0 fully saturated rings. The fourth-order valence-electron chi connectivity index (χ4n) is 4.23. The fourth-order valence-corrected chi connectivity index (χ4v) is 6.18. The predicted molar refractivity (Wildman–Crippen MR) is 174 cm³/mol. The van der Waals surface area contributed by atoms with Gasteiger partial charge in [0.15, 0.2) is 0 Å². The van der Waals surface area contributed by atoms with Crippen molar-refractivity contribution in [2.45, 2.75) is 63.6 Å². The molecule has 2 aromatic carbocycles. The zero-order valence-electron chi connectivity index (χ0n) is 25.7. The molecule has 246 valence electrons. The van der Waals surface area contributed by atoms with Gasteiger partial charge in [0.25, 0.3) is 0 Å². The highest BCUT2D eigenvalue weighted by Crippen LogP contribution is 2.41. The number of pyridine rings is 1. The number of amides is 1. The average molecular weight is 667 g/mol. The quantitative estimate of drug-likeness (QED) is 0.0826. The molecule has 0 bridgehead atoms. The number of carboxylic acid groups (broad SMARTS) is 1. The van der Waals surface area contributed by atoms with Crippen LogP contribution in [0.3, 0.4) is 0 Å². The molecule has 0 aliphatic carbocycles. The second kappa shape index (κ2) is 20.0. The number of unbranched alkanes of at least 4 members (excludes halogenated alkanes) is 2. The second-order valence-electron chi connectivity index (χ2n) is 10.1. The number of nitrogens with zero attached hydrogens (tertiary/aromatic N) is 2. The molecule has 2 atom stereocenters. The Labute approximate surface area is 269 Å². The van der Waals surface area contributed by atoms with Crippen molar-refractivity contribution in [2.75, 3.05) is 25.4 Å². The summed E-state index contributed by atoms with van der Waals surface area (Å²) < 4.78 is 56.3. The van der Waals surface area contributed by atoms with Crippen molar-refractivity contribution in [3.8, 4) is 11.1 Å². The molecule has 2 unspecified atom stereocenters. The highest BCUT2D eigenvalue weighted by atomic mass is 32.2. The third-order valence-electron chi connectivity index (χ3n) is 6.64. The van der Waals surface area contributed by atoms with Crippen molar-refractivity contribution in [3.63, 3.8) is 0 Å². The molecule has 0 spiro atoms. The molecular formula is C32H41F3N4O4S2. The molecular weight excluding hydrogens is 626 g/mol. The maximum absolute atomic E-state index is 13.6. The summed E-state index contributed by atoms with van der Waals surface area (Å²) >= 11 is 1.20. The molecule has 1 amide bonds. The van der Waals surface area contributed by atoms with Crippen molar-refractivity contribution in [1.29, 1.82) is 0 Å². The third-order valence-corrected chi connectivity index (χ3v) is 9.03. The van der Waals surface area contributed by atoms with Crippen molar-refractivity contribution < 1.29 is 32.1 Å². The van der Waals surface area contributed by atoms with Crippen LogP contribution in [0.25, 0.3) is 11.1 Å². The lowest BCUT2D eigenvalue weighted by atomic mass is 9.98. The summed E-state index contributed by atoms with van der Waals surface area (Å²) in [7, 11) is -1.27. The second-order valence-corrected chi connectivity index (χ2v) is 12.6. The summed E-state index contributed by atoms with van der Waals surface area (Å²) in [6, 6.07) is 16.0. The van der Waals surface area contributed by atoms with E-state index in [1.54, 1.807) is 18.3 Å². The lowest BCUT2D eigenvalue weighted by Crippen LogP contribution is -2.27. The van der Waals surface area contributed by atoms with E-state index < -0.39 is 28.7 Å². The number of carbonyl (C=O) groups excluding carboxylic acids is 1. The highest BCUT2D eigenvalue weighted by Gasteiger charge is 2.34. The number of halogens is 3. The van der Waals surface area contributed by atoms with Crippen LogP contribution in [0.2, 0.25) is 0 Å². The summed E-state index contributed by atoms with van der Waals surface area (Å²) in [5.74, 6) is -0.659. The zero-order chi connectivity index (χ0) is 33.2. The molecule has 0 radical (unpaired) electrons. The smallest absolute Gasteiger partial charge is 0.417 e. The minimum Gasteiger partial charge on any atom is -0.481 e. The number of aromatic nitrogens is 1. The number of nitrogens with one attached hydrogen (secondary N) is 2. The molecule has 45 heavy (non-hydrogen) atoms. The molecule has 0 saturated heterocycles. The molecule has 0 aliphatic rings. The zero-order valence-corrected chi connectivity index (χ0v) is 27.3. The highest BCUT2D eigenvalue weighted by molar-refractivity contribution is 7.97. The molecule has 0 aliphatic heterocycles. The van der Waals surface area contributed by atoms with Gasteiger partial charge in [-0.15, -0.1) is 0 Å². The van der Waals surface area contributed by atoms with Gasteiger partial charge in [0.05, 0.1) is 28.7 Å². The monoisotopic (exact) mass is 666 g/mol. The van der Waals surface area contributed by atoms with Gasteiger partial charge >= 0.3 is 12.1 Å². The molecule has 1 heterocycles. The van der Waals surface area contributed by atoms with Gasteiger partial charge in [-0.2, -0.15) is 13.2 Å². The van der Waals surface area contributed by atoms with E-state index in [2.05, 4.69) is 45.3 Å². The minimum atomic E-state index is -4.37. The largest absolute Gasteiger partial charge is 0.481 e. The van der Waals surface area contributed by atoms with Gasteiger partial charge in [-0.1, -0.05) is 50.1 Å². The number of aliphatic carboxylic acids is 1. The lowest BCUT2D eigenvalue weighted by Gasteiger charge is -2.29. The average Bonchev–Trinajstić information content (AvgIpc) is 3.00. The maximum Gasteiger partial charge on any atom is 0.417 e. The van der Waals surface area contributed by atoms with E-state index in [1.165, 1.54) is 18.0 Å². The van der Waals surface area contributed by atoms with E-state index >= 15 is 0 Å². The molecule has 3 aromatic rings. The first-order valence-electron chi connectivity index (χ1n) is 14.6. The van der Waals surface area contributed by atoms with Crippen molar-refractivity contribution in [1.82, 2.24) is 19.3 Å². The number of rotatable bonds is 17. The minimum absolute atomic E-state index is 0.0553. The van der Waals surface area contributed by atoms with Crippen LogP contribution in [0, 0.1) is 6.92 Å². The van der Waals surface area contributed by atoms with Crippen molar-refractivity contribution >= 4 is 35.3 Å². The Morgan fingerprint density at radius 2 is 1.89 bits per heavy atom. The Bertz CT molecular complexity index is 1380. The van der Waals surface area contributed by atoms with E-state index in [-0.39, 0.29) is 29.7 Å². The van der Waals surface area contributed by atoms with Crippen LogP contribution in [0.4, 0.5) is 13.2 Å². The van der Waals surface area contributed by atoms with Gasteiger partial charge in [0, 0.05) is 43.0 Å². The molecule has 3 rings (SSSR count). The first-order valence-corrected chi connectivity index (χ1v) is 16.7. The summed E-state index contributed by atoms with van der Waals surface area (Å²) in [6.45, 7) is 7.41. The summed E-state index contributed by atoms with van der Waals surface area (Å²) in [5, 5.41) is 10.6. The van der Waals surface area contributed by atoms with Gasteiger partial charge in [0.2, 0.25) is 6.41 Å². The number of carboxylic acids is 1. The Morgan fingerprint density at radius 3 is 2.56 bits per heavy atom. The van der Waals surface area contributed by atoms with Gasteiger partial charge in [-0.05, 0) is 78.7 Å². The molecule has 0 saturated carbocycles. The van der Waals surface area contributed by atoms with Crippen LogP contribution in [0.1, 0.15) is 62.3 Å². The van der Waals surface area contributed by atoms with Crippen LogP contribution in [-0.2, 0) is 26.8 Å². The number of hydrogen-bond acceptors (Lipinski definition) is 6. The molecule has 8 nitrogen and oxygen atoms in total. The predicted octanol–water partition coefficient (Wildman–Crippen LogP) is 6.80. The fraction of sp³-hybridized carbons (Fsp3) is 0.406. The standard InChI is InChI=1S/C26H29F3N2S.C6H12N2O4S/c1-4-5-8-16-31(32-25-13-7-6-12-24(25)26(27,28)29)20(3)21-10-9-11-22(17-21)23-14-15-30-18-19(23)2;9-5-7-3-4-13(12)8-2-1-6(10)11/h6-7,9-15,17-18,20H,4-5,8,16H2,1-3H3;5,8H,1-4H2,(H,7,9)(H,10,11). The Balaban J connectivity index is 0.000000459. The first kappa shape index (κ1) is 37.9. The lowest BCUT2D eigenvalue weighted by molar-refractivity contribution is -0.140. The first-order chi connectivity index (χ1) is 21.5. The van der Waals surface area contributed by atoms with Gasteiger partial charge in [-0.3, -0.25) is 14.6 Å². The SMILES string of the molecule is CCCCCN(Sc1ccccc1C(F)(F)F)C(C)c1cccc(-c2ccncc2C)c1.O=CNCCS(=O)NCCC(=O)O. The Hall–Kier alpha value is -3.26. The third kappa shape index (κ3) is 13.7. The van der Waals surface area contributed by atoms with E-state index in [9.17, 15) is 27.0 Å². The van der Waals surface area contributed by atoms with Gasteiger partial charge in [-0.25, -0.2) is 13.2 Å². The van der Waals surface area contributed by atoms with Gasteiger partial charge in [0.1, 0.15) is 0 Å². The van der Waals surface area contributed by atoms with Crippen molar-refractivity contribution in [2.24, 2.45) is 0 Å². The summed E-state index contributed by atoms with van der Waals surface area (Å²) in [5.41, 5.74) is 3.78. The van der Waals surface area contributed by atoms with E-state index in [4.69, 9.17) is 5.11 Å². The number of benzene rings is 2. The number of alkyl halides is 3. The van der Waals surface area contributed by atoms with E-state index in [0.717, 1.165) is 47.6 Å². The van der Waals surface area contributed by atoms with Gasteiger partial charge < -0.3 is 10.4 Å². The topological polar surface area (TPSA) is 112 Å². The van der Waals surface area contributed by atoms with E-state index in [0.29, 0.717) is 19.5 Å². The number of carbonyl (C=O) groups is 2. The molecule has 3 N–H and O–H groups in total. The van der Waals surface area contributed by atoms with E-state index in [1.807, 2.05) is 31.3 Å². The van der Waals surface area contributed by atoms with Crippen LogP contribution >= 0.6 is 11.9 Å². The summed E-state index contributed by atoms with van der Waals surface area (Å²) in [4.78, 5) is 24.2. The van der Waals surface area contributed by atoms with Crippen LogP contribution in [0.15, 0.2) is 71.9 Å². The molecule has 1 aromatic heterocycles. The maximum atomic E-state index is 13.6. The number of aryl methyl sites for hydroxylation is 1. The van der Waals surface area contributed by atoms with Crippen molar-refractivity contribution in [3.05, 3.63) is 83.7 Å². The van der Waals surface area contributed by atoms with Crippen LogP contribution < -0.4 is 10.0 Å². The Morgan fingerprint density at radius 1 is 1.13 bits per heavy atom. The number of hydrogen-bond donors (Lipinski definition) is 3.